The van der Waals surface area contributed by atoms with Gasteiger partial charge in [0.2, 0.25) is 0 Å². The molecule has 5 heteroatoms. The molecular weight excluding hydrogens is 241 g/mol. The lowest BCUT2D eigenvalue weighted by Gasteiger charge is -2.39. The van der Waals surface area contributed by atoms with Crippen LogP contribution in [0.5, 0.6) is 0 Å². The summed E-state index contributed by atoms with van der Waals surface area (Å²) in [4.78, 5) is 0. The summed E-state index contributed by atoms with van der Waals surface area (Å²) < 4.78 is 36.7. The molecule has 1 aliphatic carbocycles. The minimum atomic E-state index is -4.09. The van der Waals surface area contributed by atoms with E-state index in [2.05, 4.69) is 12.2 Å². The quantitative estimate of drug-likeness (QED) is 0.802. The van der Waals surface area contributed by atoms with Gasteiger partial charge in [0, 0.05) is 12.6 Å². The third-order valence-electron chi connectivity index (χ3n) is 4.13. The van der Waals surface area contributed by atoms with E-state index in [4.69, 9.17) is 5.73 Å². The summed E-state index contributed by atoms with van der Waals surface area (Å²) in [6, 6.07) is -0.534. The highest BCUT2D eigenvalue weighted by Gasteiger charge is 2.35. The van der Waals surface area contributed by atoms with Crippen molar-refractivity contribution in [2.75, 3.05) is 13.1 Å². The zero-order valence-electron chi connectivity index (χ0n) is 11.3. The van der Waals surface area contributed by atoms with E-state index in [0.717, 1.165) is 31.6 Å². The predicted octanol–water partition coefficient (Wildman–Crippen LogP) is 3.07. The molecule has 1 fully saturated rings. The molecule has 18 heavy (non-hydrogen) atoms. The Balaban J connectivity index is 2.40. The molecule has 3 N–H and O–H groups in total. The van der Waals surface area contributed by atoms with Crippen LogP contribution in [0, 0.1) is 11.3 Å². The predicted molar refractivity (Wildman–Crippen MR) is 67.3 cm³/mol. The molecule has 0 radical (unpaired) electrons. The van der Waals surface area contributed by atoms with E-state index in [1.165, 1.54) is 0 Å². The Morgan fingerprint density at radius 1 is 1.33 bits per heavy atom. The zero-order chi connectivity index (χ0) is 13.8. The maximum atomic E-state index is 12.2. The lowest BCUT2D eigenvalue weighted by molar-refractivity contribution is -0.139. The van der Waals surface area contributed by atoms with E-state index < -0.39 is 18.6 Å². The molecule has 0 heterocycles. The van der Waals surface area contributed by atoms with E-state index in [-0.39, 0.29) is 5.41 Å². The highest BCUT2D eigenvalue weighted by atomic mass is 19.4. The maximum Gasteiger partial charge on any atom is 0.390 e. The summed E-state index contributed by atoms with van der Waals surface area (Å²) in [6.45, 7) is 4.97. The molecule has 2 nitrogen and oxygen atoms in total. The Kier molecular flexibility index (Phi) is 5.46. The maximum absolute atomic E-state index is 12.2. The topological polar surface area (TPSA) is 38.0 Å². The van der Waals surface area contributed by atoms with Gasteiger partial charge in [-0.25, -0.2) is 0 Å². The molecule has 1 saturated carbocycles. The van der Waals surface area contributed by atoms with Crippen molar-refractivity contribution in [3.63, 3.8) is 0 Å². The highest BCUT2D eigenvalue weighted by molar-refractivity contribution is 4.88. The summed E-state index contributed by atoms with van der Waals surface area (Å²) in [6.07, 6.45) is -0.556. The Morgan fingerprint density at radius 2 is 1.89 bits per heavy atom. The monoisotopic (exact) mass is 266 g/mol. The van der Waals surface area contributed by atoms with Crippen LogP contribution in [0.2, 0.25) is 0 Å². The van der Waals surface area contributed by atoms with Crippen LogP contribution in [0.3, 0.4) is 0 Å². The summed E-state index contributed by atoms with van der Waals surface area (Å²) >= 11 is 0. The van der Waals surface area contributed by atoms with E-state index in [9.17, 15) is 13.2 Å². The summed E-state index contributed by atoms with van der Waals surface area (Å²) in [5.74, 6) is 0.720. The molecule has 0 amide bonds. The molecule has 0 aromatic rings. The molecule has 1 atom stereocenters. The second-order valence-corrected chi connectivity index (χ2v) is 5.99. The fourth-order valence-corrected chi connectivity index (χ4v) is 2.64. The van der Waals surface area contributed by atoms with E-state index in [1.54, 1.807) is 6.92 Å². The Hall–Kier alpha value is -0.290. The van der Waals surface area contributed by atoms with Crippen LogP contribution in [-0.4, -0.2) is 25.3 Å². The summed E-state index contributed by atoms with van der Waals surface area (Å²) in [7, 11) is 0. The SMILES string of the molecule is CC1CCC(CN)(CNC(C)CC(F)(F)F)CC1. The van der Waals surface area contributed by atoms with Gasteiger partial charge in [0.1, 0.15) is 0 Å². The number of alkyl halides is 3. The molecule has 0 aromatic heterocycles. The summed E-state index contributed by atoms with van der Waals surface area (Å²) in [5, 5.41) is 3.02. The number of nitrogens with one attached hydrogen (secondary N) is 1. The third-order valence-corrected chi connectivity index (χ3v) is 4.13. The molecule has 1 rings (SSSR count). The normalized spacial score (nSPS) is 31.3. The Labute approximate surface area is 107 Å². The first kappa shape index (κ1) is 15.8. The van der Waals surface area contributed by atoms with E-state index in [0.29, 0.717) is 13.1 Å². The average Bonchev–Trinajstić information content (AvgIpc) is 2.27. The minimum Gasteiger partial charge on any atom is -0.330 e. The van der Waals surface area contributed by atoms with Gasteiger partial charge >= 0.3 is 6.18 Å². The molecule has 0 aromatic carbocycles. The van der Waals surface area contributed by atoms with E-state index in [1.807, 2.05) is 0 Å². The first-order valence-corrected chi connectivity index (χ1v) is 6.76. The highest BCUT2D eigenvalue weighted by Crippen LogP contribution is 2.37. The number of rotatable bonds is 5. The Bertz CT molecular complexity index is 245. The number of nitrogens with two attached hydrogens (primary N) is 1. The van der Waals surface area contributed by atoms with Gasteiger partial charge in [-0.05, 0) is 37.6 Å². The fourth-order valence-electron chi connectivity index (χ4n) is 2.64. The third kappa shape index (κ3) is 5.14. The Morgan fingerprint density at radius 3 is 2.33 bits per heavy atom. The van der Waals surface area contributed by atoms with Crippen LogP contribution in [0.4, 0.5) is 13.2 Å². The van der Waals surface area contributed by atoms with Crippen molar-refractivity contribution in [2.24, 2.45) is 17.1 Å². The van der Waals surface area contributed by atoms with Gasteiger partial charge in [-0.1, -0.05) is 19.8 Å². The van der Waals surface area contributed by atoms with Crippen molar-refractivity contribution in [1.29, 1.82) is 0 Å². The van der Waals surface area contributed by atoms with Crippen molar-refractivity contribution in [3.05, 3.63) is 0 Å². The fraction of sp³-hybridized carbons (Fsp3) is 1.00. The molecule has 0 spiro atoms. The summed E-state index contributed by atoms with van der Waals surface area (Å²) in [5.41, 5.74) is 5.84. The van der Waals surface area contributed by atoms with Gasteiger partial charge in [-0.3, -0.25) is 0 Å². The van der Waals surface area contributed by atoms with Crippen molar-refractivity contribution in [3.8, 4) is 0 Å². The van der Waals surface area contributed by atoms with Crippen molar-refractivity contribution in [1.82, 2.24) is 5.32 Å². The molecule has 1 unspecified atom stereocenters. The molecule has 0 saturated heterocycles. The number of hydrogen-bond acceptors (Lipinski definition) is 2. The first-order chi connectivity index (χ1) is 8.26. The molecule has 0 aliphatic heterocycles. The average molecular weight is 266 g/mol. The van der Waals surface area contributed by atoms with E-state index >= 15 is 0 Å². The van der Waals surface area contributed by atoms with Gasteiger partial charge in [-0.2, -0.15) is 13.2 Å². The van der Waals surface area contributed by atoms with Crippen LogP contribution in [0.25, 0.3) is 0 Å². The van der Waals surface area contributed by atoms with Gasteiger partial charge < -0.3 is 11.1 Å². The van der Waals surface area contributed by atoms with Crippen LogP contribution in [0.1, 0.15) is 46.0 Å². The van der Waals surface area contributed by atoms with Crippen molar-refractivity contribution in [2.45, 2.75) is 58.2 Å². The second-order valence-electron chi connectivity index (χ2n) is 5.99. The van der Waals surface area contributed by atoms with Gasteiger partial charge in [0.25, 0.3) is 0 Å². The second kappa shape index (κ2) is 6.24. The van der Waals surface area contributed by atoms with Crippen molar-refractivity contribution < 1.29 is 13.2 Å². The molecule has 108 valence electrons. The van der Waals surface area contributed by atoms with Crippen LogP contribution in [0.15, 0.2) is 0 Å². The molecular formula is C13H25F3N2. The van der Waals surface area contributed by atoms with Crippen LogP contribution < -0.4 is 11.1 Å². The smallest absolute Gasteiger partial charge is 0.330 e. The van der Waals surface area contributed by atoms with Gasteiger partial charge in [0.15, 0.2) is 0 Å². The van der Waals surface area contributed by atoms with Gasteiger partial charge in [0.05, 0.1) is 6.42 Å². The number of hydrogen-bond donors (Lipinski definition) is 2. The minimum absolute atomic E-state index is 0.00632. The van der Waals surface area contributed by atoms with Gasteiger partial charge in [-0.15, -0.1) is 0 Å². The molecule has 0 bridgehead atoms. The first-order valence-electron chi connectivity index (χ1n) is 6.76. The van der Waals surface area contributed by atoms with Crippen LogP contribution in [-0.2, 0) is 0 Å². The number of halogens is 3. The largest absolute Gasteiger partial charge is 0.390 e. The molecule has 1 aliphatic rings. The lowest BCUT2D eigenvalue weighted by Crippen LogP contribution is -2.46. The van der Waals surface area contributed by atoms with Crippen molar-refractivity contribution >= 4 is 0 Å². The lowest BCUT2D eigenvalue weighted by atomic mass is 9.70. The van der Waals surface area contributed by atoms with Crippen LogP contribution >= 0.6 is 0 Å². The zero-order valence-corrected chi connectivity index (χ0v) is 11.3. The standard InChI is InChI=1S/C13H25F3N2/c1-10-3-5-12(8-17,6-4-10)9-18-11(2)7-13(14,15)16/h10-11,18H,3-9,17H2,1-2H3.